The Kier molecular flexibility index (Phi) is 4.77. The Balaban J connectivity index is 2.37. The number of ether oxygens (including phenoxy) is 1. The first kappa shape index (κ1) is 12.2. The van der Waals surface area contributed by atoms with Gasteiger partial charge in [0.05, 0.1) is 16.8 Å². The highest BCUT2D eigenvalue weighted by Gasteiger charge is 2.05. The van der Waals surface area contributed by atoms with Crippen LogP contribution in [0.4, 0.5) is 0 Å². The summed E-state index contributed by atoms with van der Waals surface area (Å²) in [5.41, 5.74) is 0.875. The molecule has 1 aromatic heterocycles. The summed E-state index contributed by atoms with van der Waals surface area (Å²) in [6.07, 6.45) is 1.78. The van der Waals surface area contributed by atoms with Crippen LogP contribution in [0.15, 0.2) is 10.7 Å². The van der Waals surface area contributed by atoms with Gasteiger partial charge in [-0.1, -0.05) is 0 Å². The number of carbonyl (C=O) groups excluding carboxylic acids is 1. The quantitative estimate of drug-likeness (QED) is 0.806. The van der Waals surface area contributed by atoms with Crippen molar-refractivity contribution in [2.75, 3.05) is 20.3 Å². The molecule has 1 amide bonds. The molecule has 0 unspecified atom stereocenters. The monoisotopic (exact) mass is 275 g/mol. The van der Waals surface area contributed by atoms with Crippen LogP contribution in [0.1, 0.15) is 5.69 Å². The molecule has 0 atom stereocenters. The third-order valence-corrected chi connectivity index (χ3v) is 2.60. The van der Waals surface area contributed by atoms with Crippen molar-refractivity contribution in [3.63, 3.8) is 0 Å². The van der Waals surface area contributed by atoms with E-state index in [0.717, 1.165) is 10.2 Å². The third-order valence-electron chi connectivity index (χ3n) is 1.82. The number of aryl methyl sites for hydroxylation is 1. The summed E-state index contributed by atoms with van der Waals surface area (Å²) in [5, 5.41) is 6.88. The highest BCUT2D eigenvalue weighted by molar-refractivity contribution is 9.10. The highest BCUT2D eigenvalue weighted by Crippen LogP contribution is 2.12. The second-order valence-corrected chi connectivity index (χ2v) is 3.96. The third kappa shape index (κ3) is 4.01. The van der Waals surface area contributed by atoms with Crippen LogP contribution >= 0.6 is 15.9 Å². The van der Waals surface area contributed by atoms with Crippen molar-refractivity contribution < 1.29 is 9.53 Å². The summed E-state index contributed by atoms with van der Waals surface area (Å²) in [6, 6.07) is 0. The predicted octanol–water partition coefficient (Wildman–Crippen LogP) is 0.717. The Morgan fingerprint density at radius 2 is 2.47 bits per heavy atom. The number of nitrogens with zero attached hydrogens (tertiary/aromatic N) is 2. The van der Waals surface area contributed by atoms with Crippen molar-refractivity contribution in [2.45, 2.75) is 13.5 Å². The van der Waals surface area contributed by atoms with E-state index in [1.165, 1.54) is 0 Å². The SMILES string of the molecule is COCCNC(=O)Cn1cc(Br)c(C)n1. The molecule has 5 nitrogen and oxygen atoms in total. The second-order valence-electron chi connectivity index (χ2n) is 3.10. The molecule has 0 aliphatic heterocycles. The van der Waals surface area contributed by atoms with Crippen LogP contribution < -0.4 is 5.32 Å². The normalized spacial score (nSPS) is 10.3. The van der Waals surface area contributed by atoms with Gasteiger partial charge < -0.3 is 10.1 Å². The summed E-state index contributed by atoms with van der Waals surface area (Å²) in [6.45, 7) is 3.16. The smallest absolute Gasteiger partial charge is 0.241 e. The number of halogens is 1. The molecule has 1 N–H and O–H groups in total. The van der Waals surface area contributed by atoms with E-state index < -0.39 is 0 Å². The predicted molar refractivity (Wildman–Crippen MR) is 59.5 cm³/mol. The zero-order chi connectivity index (χ0) is 11.3. The van der Waals surface area contributed by atoms with Crippen LogP contribution in [0, 0.1) is 6.92 Å². The zero-order valence-electron chi connectivity index (χ0n) is 8.79. The van der Waals surface area contributed by atoms with Crippen LogP contribution in [0.3, 0.4) is 0 Å². The van der Waals surface area contributed by atoms with E-state index in [9.17, 15) is 4.79 Å². The minimum atomic E-state index is -0.0675. The van der Waals surface area contributed by atoms with Gasteiger partial charge in [-0.25, -0.2) is 0 Å². The molecule has 0 spiro atoms. The molecule has 84 valence electrons. The van der Waals surface area contributed by atoms with Gasteiger partial charge in [0.2, 0.25) is 5.91 Å². The van der Waals surface area contributed by atoms with Crippen molar-refractivity contribution in [2.24, 2.45) is 0 Å². The van der Waals surface area contributed by atoms with Crippen LogP contribution in [-0.2, 0) is 16.1 Å². The molecule has 0 aromatic carbocycles. The van der Waals surface area contributed by atoms with E-state index >= 15 is 0 Å². The lowest BCUT2D eigenvalue weighted by Crippen LogP contribution is -2.30. The first-order valence-electron chi connectivity index (χ1n) is 4.58. The minimum Gasteiger partial charge on any atom is -0.383 e. The molecule has 0 radical (unpaired) electrons. The fourth-order valence-electron chi connectivity index (χ4n) is 1.07. The van der Waals surface area contributed by atoms with Crippen molar-refractivity contribution >= 4 is 21.8 Å². The summed E-state index contributed by atoms with van der Waals surface area (Å²) in [7, 11) is 1.60. The summed E-state index contributed by atoms with van der Waals surface area (Å²) in [5.74, 6) is -0.0675. The van der Waals surface area contributed by atoms with Gasteiger partial charge >= 0.3 is 0 Å². The lowest BCUT2D eigenvalue weighted by Gasteiger charge is -2.03. The molecule has 15 heavy (non-hydrogen) atoms. The molecular weight excluding hydrogens is 262 g/mol. The number of aromatic nitrogens is 2. The molecule has 0 saturated carbocycles. The Labute approximate surface area is 96.9 Å². The van der Waals surface area contributed by atoms with E-state index in [2.05, 4.69) is 26.3 Å². The molecule has 0 fully saturated rings. The number of rotatable bonds is 5. The fourth-order valence-corrected chi connectivity index (χ4v) is 1.39. The van der Waals surface area contributed by atoms with Gasteiger partial charge in [-0.2, -0.15) is 5.10 Å². The summed E-state index contributed by atoms with van der Waals surface area (Å²) >= 11 is 3.33. The number of amides is 1. The van der Waals surface area contributed by atoms with Gasteiger partial charge in [-0.3, -0.25) is 9.48 Å². The van der Waals surface area contributed by atoms with Gasteiger partial charge in [-0.05, 0) is 22.9 Å². The standard InChI is InChI=1S/C9H14BrN3O2/c1-7-8(10)5-13(12-7)6-9(14)11-3-4-15-2/h5H,3-4,6H2,1-2H3,(H,11,14). The Morgan fingerprint density at radius 1 is 1.73 bits per heavy atom. The van der Waals surface area contributed by atoms with Gasteiger partial charge in [0.25, 0.3) is 0 Å². The van der Waals surface area contributed by atoms with E-state index in [0.29, 0.717) is 13.2 Å². The van der Waals surface area contributed by atoms with Gasteiger partial charge in [0.15, 0.2) is 0 Å². The Bertz CT molecular complexity index is 319. The Hall–Kier alpha value is -0.880. The first-order chi connectivity index (χ1) is 7.13. The molecule has 1 rings (SSSR count). The van der Waals surface area contributed by atoms with Crippen LogP contribution in [-0.4, -0.2) is 35.9 Å². The van der Waals surface area contributed by atoms with Gasteiger partial charge in [0.1, 0.15) is 6.54 Å². The average Bonchev–Trinajstić information content (AvgIpc) is 2.46. The van der Waals surface area contributed by atoms with E-state index in [1.807, 2.05) is 6.92 Å². The van der Waals surface area contributed by atoms with E-state index in [-0.39, 0.29) is 12.5 Å². The summed E-state index contributed by atoms with van der Waals surface area (Å²) < 4.78 is 7.33. The maximum atomic E-state index is 11.4. The van der Waals surface area contributed by atoms with Crippen molar-refractivity contribution in [3.05, 3.63) is 16.4 Å². The fraction of sp³-hybridized carbons (Fsp3) is 0.556. The number of hydrogen-bond acceptors (Lipinski definition) is 3. The molecular formula is C9H14BrN3O2. The maximum Gasteiger partial charge on any atom is 0.241 e. The molecule has 0 aliphatic carbocycles. The van der Waals surface area contributed by atoms with Crippen LogP contribution in [0.25, 0.3) is 0 Å². The molecule has 1 heterocycles. The number of methoxy groups -OCH3 is 1. The topological polar surface area (TPSA) is 56.1 Å². The van der Waals surface area contributed by atoms with Gasteiger partial charge in [-0.15, -0.1) is 0 Å². The van der Waals surface area contributed by atoms with E-state index in [4.69, 9.17) is 4.74 Å². The number of carbonyl (C=O) groups is 1. The maximum absolute atomic E-state index is 11.4. The lowest BCUT2D eigenvalue weighted by atomic mass is 10.5. The van der Waals surface area contributed by atoms with E-state index in [1.54, 1.807) is 18.0 Å². The highest BCUT2D eigenvalue weighted by atomic mass is 79.9. The number of nitrogens with one attached hydrogen (secondary N) is 1. The van der Waals surface area contributed by atoms with Crippen LogP contribution in [0.2, 0.25) is 0 Å². The second kappa shape index (κ2) is 5.87. The Morgan fingerprint density at radius 3 is 3.00 bits per heavy atom. The van der Waals surface area contributed by atoms with Crippen molar-refractivity contribution in [1.82, 2.24) is 15.1 Å². The minimum absolute atomic E-state index is 0.0675. The first-order valence-corrected chi connectivity index (χ1v) is 5.38. The average molecular weight is 276 g/mol. The largest absolute Gasteiger partial charge is 0.383 e. The molecule has 0 saturated heterocycles. The molecule has 0 aliphatic rings. The molecule has 1 aromatic rings. The van der Waals surface area contributed by atoms with Crippen molar-refractivity contribution in [1.29, 1.82) is 0 Å². The molecule has 0 bridgehead atoms. The van der Waals surface area contributed by atoms with Crippen LogP contribution in [0.5, 0.6) is 0 Å². The zero-order valence-corrected chi connectivity index (χ0v) is 10.4. The number of hydrogen-bond donors (Lipinski definition) is 1. The lowest BCUT2D eigenvalue weighted by molar-refractivity contribution is -0.122. The van der Waals surface area contributed by atoms with Crippen molar-refractivity contribution in [3.8, 4) is 0 Å². The van der Waals surface area contributed by atoms with Gasteiger partial charge in [0, 0.05) is 19.9 Å². The summed E-state index contributed by atoms with van der Waals surface area (Å²) in [4.78, 5) is 11.4. The molecule has 6 heteroatoms.